The fraction of sp³-hybridized carbons (Fsp3) is 0.0526. The van der Waals surface area contributed by atoms with E-state index >= 15 is 0 Å². The average Bonchev–Trinajstić information content (AvgIpc) is 2.99. The third kappa shape index (κ3) is 4.78. The van der Waals surface area contributed by atoms with Crippen LogP contribution in [0.4, 0.5) is 0 Å². The number of hydrogen-bond donors (Lipinski definition) is 0. The summed E-state index contributed by atoms with van der Waals surface area (Å²) in [7, 11) is -2.61. The van der Waals surface area contributed by atoms with Crippen molar-refractivity contribution in [3.63, 3.8) is 0 Å². The van der Waals surface area contributed by atoms with Gasteiger partial charge in [-0.2, -0.15) is 0 Å². The Balaban J connectivity index is 1.61. The summed E-state index contributed by atoms with van der Waals surface area (Å²) < 4.78 is 0. The van der Waals surface area contributed by atoms with E-state index in [0.717, 1.165) is 0 Å². The number of aryl methyl sites for hydroxylation is 2. The van der Waals surface area contributed by atoms with E-state index in [9.17, 15) is 0 Å². The third-order valence-electron chi connectivity index (χ3n) is 7.75. The SMILES string of the molecule is Cc1cccc([Si](c2ccc(-c3ccccc3)cc2)(c2ccc(-c3ccccc3)cc2)c2cccc(C)c2)c1. The zero-order valence-electron chi connectivity index (χ0n) is 22.5. The van der Waals surface area contributed by atoms with E-state index in [2.05, 4.69) is 172 Å². The van der Waals surface area contributed by atoms with Crippen LogP contribution in [-0.2, 0) is 0 Å². The highest BCUT2D eigenvalue weighted by atomic mass is 28.3. The first-order valence-corrected chi connectivity index (χ1v) is 15.6. The van der Waals surface area contributed by atoms with Crippen LogP contribution in [0.2, 0.25) is 0 Å². The van der Waals surface area contributed by atoms with Crippen LogP contribution in [0.5, 0.6) is 0 Å². The first-order chi connectivity index (χ1) is 19.1. The Morgan fingerprint density at radius 2 is 0.667 bits per heavy atom. The second-order valence-electron chi connectivity index (χ2n) is 10.4. The van der Waals surface area contributed by atoms with Gasteiger partial charge in [0.05, 0.1) is 0 Å². The van der Waals surface area contributed by atoms with Crippen molar-refractivity contribution >= 4 is 28.8 Å². The lowest BCUT2D eigenvalue weighted by atomic mass is 10.1. The van der Waals surface area contributed by atoms with E-state index in [1.165, 1.54) is 54.1 Å². The molecular formula is C38H32Si. The van der Waals surface area contributed by atoms with Crippen LogP contribution in [-0.4, -0.2) is 8.07 Å². The normalized spacial score (nSPS) is 11.3. The standard InChI is InChI=1S/C38H32Si/c1-29-11-9-17-37(27-29)39(38-18-10-12-30(2)28-38,35-23-19-33(20-24-35)31-13-5-3-6-14-31)36-25-21-34(22-26-36)32-15-7-4-8-16-32/h3-28H,1-2H3. The second-order valence-corrected chi connectivity index (χ2v) is 14.2. The second kappa shape index (κ2) is 10.7. The molecule has 0 amide bonds. The van der Waals surface area contributed by atoms with Gasteiger partial charge in [0, 0.05) is 0 Å². The molecule has 188 valence electrons. The summed E-state index contributed by atoms with van der Waals surface area (Å²) in [4.78, 5) is 0. The molecular weight excluding hydrogens is 485 g/mol. The van der Waals surface area contributed by atoms with Gasteiger partial charge in [-0.3, -0.25) is 0 Å². The zero-order chi connectivity index (χ0) is 26.7. The summed E-state index contributed by atoms with van der Waals surface area (Å²) in [5.74, 6) is 0. The van der Waals surface area contributed by atoms with Gasteiger partial charge in [-0.05, 0) is 56.8 Å². The van der Waals surface area contributed by atoms with E-state index in [4.69, 9.17) is 0 Å². The molecule has 0 aromatic heterocycles. The summed E-state index contributed by atoms with van der Waals surface area (Å²) >= 11 is 0. The summed E-state index contributed by atoms with van der Waals surface area (Å²) in [5.41, 5.74) is 7.56. The van der Waals surface area contributed by atoms with Crippen LogP contribution in [0.15, 0.2) is 158 Å². The van der Waals surface area contributed by atoms with E-state index < -0.39 is 8.07 Å². The largest absolute Gasteiger partial charge is 0.179 e. The van der Waals surface area contributed by atoms with Crippen molar-refractivity contribution in [2.45, 2.75) is 13.8 Å². The van der Waals surface area contributed by atoms with Crippen molar-refractivity contribution in [3.05, 3.63) is 169 Å². The van der Waals surface area contributed by atoms with Crippen molar-refractivity contribution in [1.29, 1.82) is 0 Å². The maximum absolute atomic E-state index is 2.61. The lowest BCUT2D eigenvalue weighted by Gasteiger charge is -2.35. The summed E-state index contributed by atoms with van der Waals surface area (Å²) in [5, 5.41) is 5.61. The molecule has 0 atom stereocenters. The molecule has 6 rings (SSSR count). The highest BCUT2D eigenvalue weighted by molar-refractivity contribution is 7.19. The minimum atomic E-state index is -2.61. The quantitative estimate of drug-likeness (QED) is 0.165. The molecule has 0 unspecified atom stereocenters. The van der Waals surface area contributed by atoms with Crippen molar-refractivity contribution in [2.75, 3.05) is 0 Å². The van der Waals surface area contributed by atoms with Crippen LogP contribution < -0.4 is 20.7 Å². The predicted octanol–water partition coefficient (Wildman–Crippen LogP) is 7.01. The molecule has 0 saturated heterocycles. The van der Waals surface area contributed by atoms with Crippen LogP contribution in [0.1, 0.15) is 11.1 Å². The van der Waals surface area contributed by atoms with Gasteiger partial charge in [0.2, 0.25) is 0 Å². The fourth-order valence-corrected chi connectivity index (χ4v) is 10.8. The smallest absolute Gasteiger partial charge is 0.0622 e. The monoisotopic (exact) mass is 516 g/mol. The number of rotatable bonds is 6. The minimum absolute atomic E-state index is 1.25. The van der Waals surface area contributed by atoms with Gasteiger partial charge in [-0.15, -0.1) is 0 Å². The molecule has 0 radical (unpaired) electrons. The fourth-order valence-electron chi connectivity index (χ4n) is 5.84. The van der Waals surface area contributed by atoms with Gasteiger partial charge in [-0.1, -0.05) is 169 Å². The third-order valence-corrected chi connectivity index (χ3v) is 12.5. The molecule has 6 aromatic carbocycles. The highest BCUT2D eigenvalue weighted by Crippen LogP contribution is 2.21. The maximum Gasteiger partial charge on any atom is 0.179 e. The van der Waals surface area contributed by atoms with E-state index in [0.29, 0.717) is 0 Å². The first-order valence-electron chi connectivity index (χ1n) is 13.6. The summed E-state index contributed by atoms with van der Waals surface area (Å²) in [6.45, 7) is 4.41. The van der Waals surface area contributed by atoms with Gasteiger partial charge in [-0.25, -0.2) is 0 Å². The molecule has 0 fully saturated rings. The molecule has 0 spiro atoms. The molecule has 0 N–H and O–H groups in total. The molecule has 39 heavy (non-hydrogen) atoms. The van der Waals surface area contributed by atoms with Crippen LogP contribution in [0.3, 0.4) is 0 Å². The van der Waals surface area contributed by atoms with Crippen molar-refractivity contribution in [3.8, 4) is 22.3 Å². The summed E-state index contributed by atoms with van der Waals surface area (Å²) in [6.07, 6.45) is 0. The van der Waals surface area contributed by atoms with Crippen LogP contribution >= 0.6 is 0 Å². The molecule has 6 aromatic rings. The Bertz CT molecular complexity index is 1550. The zero-order valence-corrected chi connectivity index (χ0v) is 23.5. The summed E-state index contributed by atoms with van der Waals surface area (Å²) in [6, 6.07) is 58.4. The Morgan fingerprint density at radius 3 is 1.03 bits per heavy atom. The Hall–Kier alpha value is -4.46. The van der Waals surface area contributed by atoms with Crippen molar-refractivity contribution in [2.24, 2.45) is 0 Å². The van der Waals surface area contributed by atoms with Gasteiger partial charge in [0.25, 0.3) is 0 Å². The predicted molar refractivity (Wildman–Crippen MR) is 170 cm³/mol. The number of hydrogen-bond acceptors (Lipinski definition) is 0. The van der Waals surface area contributed by atoms with Crippen molar-refractivity contribution in [1.82, 2.24) is 0 Å². The lowest BCUT2D eigenvalue weighted by Crippen LogP contribution is -2.74. The molecule has 0 bridgehead atoms. The Kier molecular flexibility index (Phi) is 6.83. The Labute approximate surface area is 233 Å². The van der Waals surface area contributed by atoms with Gasteiger partial charge in [0.1, 0.15) is 0 Å². The molecule has 0 aliphatic rings. The van der Waals surface area contributed by atoms with Crippen molar-refractivity contribution < 1.29 is 0 Å². The van der Waals surface area contributed by atoms with Gasteiger partial charge in [0.15, 0.2) is 8.07 Å². The van der Waals surface area contributed by atoms with Gasteiger partial charge >= 0.3 is 0 Å². The number of benzene rings is 6. The first kappa shape index (κ1) is 24.8. The van der Waals surface area contributed by atoms with Gasteiger partial charge < -0.3 is 0 Å². The molecule has 1 heteroatoms. The van der Waals surface area contributed by atoms with E-state index in [1.54, 1.807) is 0 Å². The van der Waals surface area contributed by atoms with Crippen LogP contribution in [0.25, 0.3) is 22.3 Å². The lowest BCUT2D eigenvalue weighted by molar-refractivity contribution is 1.48. The van der Waals surface area contributed by atoms with E-state index in [1.807, 2.05) is 0 Å². The molecule has 0 nitrogen and oxygen atoms in total. The average molecular weight is 517 g/mol. The topological polar surface area (TPSA) is 0 Å². The molecule has 0 aliphatic heterocycles. The highest BCUT2D eigenvalue weighted by Gasteiger charge is 2.41. The van der Waals surface area contributed by atoms with E-state index in [-0.39, 0.29) is 0 Å². The molecule has 0 aliphatic carbocycles. The maximum atomic E-state index is 2.41. The Morgan fingerprint density at radius 1 is 0.308 bits per heavy atom. The van der Waals surface area contributed by atoms with Crippen LogP contribution in [0, 0.1) is 13.8 Å². The molecule has 0 saturated carbocycles. The molecule has 0 heterocycles. The minimum Gasteiger partial charge on any atom is -0.0622 e.